The second kappa shape index (κ2) is 10.7. The predicted molar refractivity (Wildman–Crippen MR) is 102 cm³/mol. The van der Waals surface area contributed by atoms with Gasteiger partial charge in [-0.15, -0.1) is 6.58 Å². The van der Waals surface area contributed by atoms with Crippen LogP contribution in [0.4, 0.5) is 0 Å². The van der Waals surface area contributed by atoms with Crippen LogP contribution in [0.15, 0.2) is 53.3 Å². The summed E-state index contributed by atoms with van der Waals surface area (Å²) in [6.45, 7) is 9.15. The summed E-state index contributed by atoms with van der Waals surface area (Å²) in [6, 6.07) is 7.19. The Morgan fingerprint density at radius 2 is 1.65 bits per heavy atom. The highest BCUT2D eigenvalue weighted by atomic mass is 32.2. The smallest absolute Gasteiger partial charge is 0.327 e. The molecule has 1 aromatic rings. The van der Waals surface area contributed by atoms with Crippen molar-refractivity contribution in [2.24, 2.45) is 5.41 Å². The Labute approximate surface area is 157 Å². The van der Waals surface area contributed by atoms with Gasteiger partial charge in [0, 0.05) is 10.3 Å². The quantitative estimate of drug-likeness (QED) is 0.353. The van der Waals surface area contributed by atoms with Gasteiger partial charge in [-0.3, -0.25) is 9.59 Å². The summed E-state index contributed by atoms with van der Waals surface area (Å²) in [5.41, 5.74) is -0.589. The molecule has 0 unspecified atom stereocenters. The zero-order valence-electron chi connectivity index (χ0n) is 15.5. The van der Waals surface area contributed by atoms with Crippen molar-refractivity contribution in [2.45, 2.75) is 38.5 Å². The maximum Gasteiger partial charge on any atom is 0.327 e. The minimum atomic E-state index is -1.64. The van der Waals surface area contributed by atoms with Crippen LogP contribution in [0.3, 0.4) is 0 Å². The van der Waals surface area contributed by atoms with Gasteiger partial charge in [-0.2, -0.15) is 0 Å². The summed E-state index contributed by atoms with van der Waals surface area (Å²) in [5.74, 6) is -1.42. The summed E-state index contributed by atoms with van der Waals surface area (Å²) in [6.07, 6.45) is 3.50. The van der Waals surface area contributed by atoms with E-state index < -0.39 is 28.2 Å². The maximum absolute atomic E-state index is 12.6. The SMILES string of the molecule is C=CCCC(/C=C\[S@@](=O)c1ccc(C)cc1)(C(=O)OCC)C(=O)OCC. The largest absolute Gasteiger partial charge is 0.465 e. The average Bonchev–Trinajstić information content (AvgIpc) is 2.62. The van der Waals surface area contributed by atoms with Crippen molar-refractivity contribution in [2.75, 3.05) is 13.2 Å². The van der Waals surface area contributed by atoms with Crippen molar-refractivity contribution in [1.29, 1.82) is 0 Å². The monoisotopic (exact) mass is 378 g/mol. The molecule has 0 aliphatic rings. The fraction of sp³-hybridized carbons (Fsp3) is 0.400. The lowest BCUT2D eigenvalue weighted by Crippen LogP contribution is -2.40. The summed E-state index contributed by atoms with van der Waals surface area (Å²) >= 11 is 0. The van der Waals surface area contributed by atoms with Crippen LogP contribution in [0.1, 0.15) is 32.3 Å². The van der Waals surface area contributed by atoms with Gasteiger partial charge in [0.2, 0.25) is 0 Å². The number of esters is 2. The van der Waals surface area contributed by atoms with Gasteiger partial charge in [-0.05, 0) is 51.8 Å². The van der Waals surface area contributed by atoms with Gasteiger partial charge in [0.05, 0.1) is 24.0 Å². The minimum absolute atomic E-state index is 0.128. The van der Waals surface area contributed by atoms with Crippen molar-refractivity contribution < 1.29 is 23.3 Å². The van der Waals surface area contributed by atoms with Crippen molar-refractivity contribution in [3.63, 3.8) is 0 Å². The van der Waals surface area contributed by atoms with Gasteiger partial charge in [0.15, 0.2) is 5.41 Å². The zero-order chi connectivity index (χ0) is 19.6. The lowest BCUT2D eigenvalue weighted by Gasteiger charge is -2.25. The number of hydrogen-bond acceptors (Lipinski definition) is 5. The van der Waals surface area contributed by atoms with Gasteiger partial charge >= 0.3 is 11.9 Å². The number of benzene rings is 1. The highest BCUT2D eigenvalue weighted by molar-refractivity contribution is 7.88. The van der Waals surface area contributed by atoms with Crippen LogP contribution in [-0.4, -0.2) is 29.4 Å². The van der Waals surface area contributed by atoms with Crippen LogP contribution >= 0.6 is 0 Å². The number of aryl methyl sites for hydroxylation is 1. The molecule has 1 atom stereocenters. The van der Waals surface area contributed by atoms with Crippen molar-refractivity contribution in [3.8, 4) is 0 Å². The van der Waals surface area contributed by atoms with E-state index in [1.54, 1.807) is 32.1 Å². The molecule has 0 amide bonds. The molecule has 0 fully saturated rings. The van der Waals surface area contributed by atoms with Gasteiger partial charge in [0.25, 0.3) is 0 Å². The van der Waals surface area contributed by atoms with Crippen LogP contribution in [-0.2, 0) is 29.9 Å². The average molecular weight is 378 g/mol. The molecule has 0 saturated carbocycles. The van der Waals surface area contributed by atoms with Crippen molar-refractivity contribution >= 4 is 22.7 Å². The van der Waals surface area contributed by atoms with Crippen LogP contribution in [0.25, 0.3) is 0 Å². The molecule has 0 N–H and O–H groups in total. The third kappa shape index (κ3) is 5.66. The Bertz CT molecular complexity index is 658. The van der Waals surface area contributed by atoms with E-state index in [2.05, 4.69) is 6.58 Å². The number of rotatable bonds is 10. The highest BCUT2D eigenvalue weighted by Crippen LogP contribution is 2.31. The second-order valence-corrected chi connectivity index (χ2v) is 6.99. The van der Waals surface area contributed by atoms with Crippen LogP contribution in [0, 0.1) is 12.3 Å². The molecule has 0 bridgehead atoms. The summed E-state index contributed by atoms with van der Waals surface area (Å²) in [7, 11) is -1.51. The predicted octanol–water partition coefficient (Wildman–Crippen LogP) is 3.70. The fourth-order valence-electron chi connectivity index (χ4n) is 2.29. The number of carbonyl (C=O) groups is 2. The van der Waals surface area contributed by atoms with E-state index in [4.69, 9.17) is 9.47 Å². The van der Waals surface area contributed by atoms with E-state index in [0.29, 0.717) is 11.3 Å². The van der Waals surface area contributed by atoms with Gasteiger partial charge < -0.3 is 9.47 Å². The first-order valence-electron chi connectivity index (χ1n) is 8.53. The standard InChI is InChI=1S/C20H26O5S/c1-5-8-13-20(18(21)24-6-2,19(22)25-7-3)14-15-26(23)17-11-9-16(4)10-12-17/h5,9-12,14-15H,1,6-8,13H2,2-4H3/b15-14-/t26-/m1/s1. The molecule has 0 spiro atoms. The molecular formula is C20H26O5S. The molecule has 0 saturated heterocycles. The Kier molecular flexibility index (Phi) is 8.99. The van der Waals surface area contributed by atoms with Gasteiger partial charge in [-0.25, -0.2) is 4.21 Å². The Morgan fingerprint density at radius 1 is 1.12 bits per heavy atom. The molecule has 0 aliphatic carbocycles. The molecule has 1 aromatic carbocycles. The number of ether oxygens (including phenoxy) is 2. The minimum Gasteiger partial charge on any atom is -0.465 e. The van der Waals surface area contributed by atoms with E-state index >= 15 is 0 Å². The first kappa shape index (κ1) is 21.8. The topological polar surface area (TPSA) is 69.7 Å². The summed E-state index contributed by atoms with van der Waals surface area (Å²) < 4.78 is 22.7. The number of allylic oxidation sites excluding steroid dienone is 1. The lowest BCUT2D eigenvalue weighted by atomic mass is 9.83. The maximum atomic E-state index is 12.6. The molecule has 6 heteroatoms. The van der Waals surface area contributed by atoms with E-state index in [1.165, 1.54) is 11.5 Å². The molecule has 0 aliphatic heterocycles. The molecule has 26 heavy (non-hydrogen) atoms. The molecule has 0 heterocycles. The third-order valence-corrected chi connectivity index (χ3v) is 4.87. The fourth-order valence-corrected chi connectivity index (χ4v) is 3.20. The Balaban J connectivity index is 3.24. The summed E-state index contributed by atoms with van der Waals surface area (Å²) in [4.78, 5) is 25.7. The highest BCUT2D eigenvalue weighted by Gasteiger charge is 2.46. The van der Waals surface area contributed by atoms with Crippen LogP contribution < -0.4 is 0 Å². The van der Waals surface area contributed by atoms with E-state index in [-0.39, 0.29) is 19.6 Å². The van der Waals surface area contributed by atoms with Crippen LogP contribution in [0.5, 0.6) is 0 Å². The molecular weight excluding hydrogens is 352 g/mol. The molecule has 0 radical (unpaired) electrons. The Hall–Kier alpha value is -2.21. The van der Waals surface area contributed by atoms with E-state index in [9.17, 15) is 13.8 Å². The number of carbonyl (C=O) groups excluding carboxylic acids is 2. The van der Waals surface area contributed by atoms with Gasteiger partial charge in [0.1, 0.15) is 0 Å². The van der Waals surface area contributed by atoms with E-state index in [0.717, 1.165) is 5.56 Å². The van der Waals surface area contributed by atoms with E-state index in [1.807, 2.05) is 19.1 Å². The normalized spacial score (nSPS) is 12.6. The third-order valence-electron chi connectivity index (χ3n) is 3.75. The molecule has 0 aromatic heterocycles. The Morgan fingerprint density at radius 3 is 2.12 bits per heavy atom. The van der Waals surface area contributed by atoms with Crippen LogP contribution in [0.2, 0.25) is 0 Å². The lowest BCUT2D eigenvalue weighted by molar-refractivity contribution is -0.168. The number of hydrogen-bond donors (Lipinski definition) is 0. The zero-order valence-corrected chi connectivity index (χ0v) is 16.3. The van der Waals surface area contributed by atoms with Gasteiger partial charge in [-0.1, -0.05) is 23.8 Å². The van der Waals surface area contributed by atoms with Crippen molar-refractivity contribution in [3.05, 3.63) is 54.0 Å². The summed E-state index contributed by atoms with van der Waals surface area (Å²) in [5, 5.41) is 1.35. The molecule has 5 nitrogen and oxygen atoms in total. The first-order valence-corrected chi connectivity index (χ1v) is 9.74. The second-order valence-electron chi connectivity index (χ2n) is 5.65. The first-order chi connectivity index (χ1) is 12.4. The van der Waals surface area contributed by atoms with Crippen molar-refractivity contribution in [1.82, 2.24) is 0 Å². The molecule has 1 rings (SSSR count). The molecule has 142 valence electrons.